The van der Waals surface area contributed by atoms with Crippen molar-refractivity contribution in [1.29, 1.82) is 5.41 Å². The Morgan fingerprint density at radius 2 is 1.95 bits per heavy atom. The van der Waals surface area contributed by atoms with Gasteiger partial charge >= 0.3 is 0 Å². The first-order valence-electron chi connectivity index (χ1n) is 7.42. The second kappa shape index (κ2) is 5.75. The van der Waals surface area contributed by atoms with Crippen molar-refractivity contribution in [2.75, 3.05) is 38.1 Å². The van der Waals surface area contributed by atoms with Crippen LogP contribution in [0.5, 0.6) is 0 Å². The van der Waals surface area contributed by atoms with Gasteiger partial charge in [-0.1, -0.05) is 0 Å². The number of nitrogens with zero attached hydrogens (tertiary/aromatic N) is 3. The minimum absolute atomic E-state index is 0.729. The number of anilines is 1. The first-order chi connectivity index (χ1) is 9.74. The highest BCUT2D eigenvalue weighted by Gasteiger charge is 2.17. The van der Waals surface area contributed by atoms with E-state index in [0.717, 1.165) is 62.4 Å². The molecule has 106 valence electrons. The molecule has 1 saturated heterocycles. The van der Waals surface area contributed by atoms with Gasteiger partial charge in [0.1, 0.15) is 0 Å². The number of hydrogen-bond donors (Lipinski definition) is 1. The summed E-state index contributed by atoms with van der Waals surface area (Å²) >= 11 is 0. The number of aliphatic imine (C=N–C) groups is 1. The number of likely N-dealkylation sites (N-methyl/N-ethyl adjacent to an activating group) is 1. The second-order valence-electron chi connectivity index (χ2n) is 5.67. The van der Waals surface area contributed by atoms with Gasteiger partial charge in [0.05, 0.1) is 5.69 Å². The predicted octanol–water partition coefficient (Wildman–Crippen LogP) is 2.69. The Bertz CT molecular complexity index is 527. The molecule has 0 saturated carbocycles. The number of rotatable bonds is 1. The summed E-state index contributed by atoms with van der Waals surface area (Å²) in [6.45, 7) is 4.33. The Morgan fingerprint density at radius 3 is 2.75 bits per heavy atom. The number of piperazine rings is 1. The predicted molar refractivity (Wildman–Crippen MR) is 85.0 cm³/mol. The third kappa shape index (κ3) is 2.75. The number of benzene rings is 1. The van der Waals surface area contributed by atoms with Gasteiger partial charge in [0, 0.05) is 49.4 Å². The molecule has 1 fully saturated rings. The molecule has 2 heterocycles. The van der Waals surface area contributed by atoms with Crippen molar-refractivity contribution < 1.29 is 0 Å². The number of hydrogen-bond acceptors (Lipinski definition) is 4. The first-order valence-corrected chi connectivity index (χ1v) is 7.42. The summed E-state index contributed by atoms with van der Waals surface area (Å²) in [5.41, 5.74) is 3.93. The van der Waals surface area contributed by atoms with Crippen LogP contribution in [0.15, 0.2) is 23.2 Å². The normalized spacial score (nSPS) is 20.4. The maximum atomic E-state index is 8.25. The van der Waals surface area contributed by atoms with E-state index in [4.69, 9.17) is 5.41 Å². The van der Waals surface area contributed by atoms with Crippen LogP contribution in [0, 0.1) is 5.41 Å². The average Bonchev–Trinajstić information content (AvgIpc) is 2.45. The molecule has 0 radical (unpaired) electrons. The summed E-state index contributed by atoms with van der Waals surface area (Å²) in [7, 11) is 2.17. The second-order valence-corrected chi connectivity index (χ2v) is 5.67. The van der Waals surface area contributed by atoms with E-state index in [1.54, 1.807) is 0 Å². The summed E-state index contributed by atoms with van der Waals surface area (Å²) < 4.78 is 0. The zero-order chi connectivity index (χ0) is 13.9. The maximum Gasteiger partial charge on any atom is 0.0717 e. The van der Waals surface area contributed by atoms with Gasteiger partial charge in [0.25, 0.3) is 0 Å². The zero-order valence-corrected chi connectivity index (χ0v) is 12.1. The monoisotopic (exact) mass is 270 g/mol. The average molecular weight is 270 g/mol. The number of fused-ring (bicyclic) bond motifs is 1. The van der Waals surface area contributed by atoms with Crippen LogP contribution in [0.25, 0.3) is 0 Å². The summed E-state index contributed by atoms with van der Waals surface area (Å²) in [6, 6.07) is 6.38. The van der Waals surface area contributed by atoms with E-state index in [-0.39, 0.29) is 0 Å². The molecule has 1 aromatic rings. The molecule has 0 amide bonds. The Labute approximate surface area is 120 Å². The Balaban J connectivity index is 1.89. The van der Waals surface area contributed by atoms with Gasteiger partial charge in [-0.25, -0.2) is 0 Å². The Hall–Kier alpha value is -1.68. The van der Waals surface area contributed by atoms with Crippen LogP contribution in [0.1, 0.15) is 24.8 Å². The van der Waals surface area contributed by atoms with Gasteiger partial charge in [0.2, 0.25) is 0 Å². The topological polar surface area (TPSA) is 42.7 Å². The van der Waals surface area contributed by atoms with Crippen molar-refractivity contribution in [3.63, 3.8) is 0 Å². The van der Waals surface area contributed by atoms with Crippen molar-refractivity contribution in [2.24, 2.45) is 4.99 Å². The Kier molecular flexibility index (Phi) is 3.83. The fourth-order valence-corrected chi connectivity index (χ4v) is 2.81. The van der Waals surface area contributed by atoms with Crippen molar-refractivity contribution in [1.82, 2.24) is 4.90 Å². The highest BCUT2D eigenvalue weighted by atomic mass is 15.2. The fourth-order valence-electron chi connectivity index (χ4n) is 2.81. The van der Waals surface area contributed by atoms with Gasteiger partial charge in [-0.15, -0.1) is 0 Å². The molecule has 4 heteroatoms. The van der Waals surface area contributed by atoms with Crippen molar-refractivity contribution in [3.05, 3.63) is 23.8 Å². The smallest absolute Gasteiger partial charge is 0.0717 e. The molecule has 0 aromatic heterocycles. The summed E-state index contributed by atoms with van der Waals surface area (Å²) in [5.74, 6) is 0. The van der Waals surface area contributed by atoms with Crippen molar-refractivity contribution in [2.45, 2.75) is 19.3 Å². The molecule has 4 nitrogen and oxygen atoms in total. The standard InChI is InChI=1S/C16H22N4/c1-19-8-10-20(11-9-19)13-5-6-16-14(12-13)15(17)4-2-3-7-18-16/h5-7,12,17H,2-4,8-11H2,1H3. The zero-order valence-electron chi connectivity index (χ0n) is 12.1. The van der Waals surface area contributed by atoms with E-state index in [2.05, 4.69) is 40.0 Å². The lowest BCUT2D eigenvalue weighted by atomic mass is 10.0. The first kappa shape index (κ1) is 13.3. The van der Waals surface area contributed by atoms with E-state index in [1.165, 1.54) is 5.69 Å². The molecule has 3 rings (SSSR count). The van der Waals surface area contributed by atoms with Gasteiger partial charge in [-0.3, -0.25) is 4.99 Å². The highest BCUT2D eigenvalue weighted by Crippen LogP contribution is 2.28. The maximum absolute atomic E-state index is 8.25. The number of nitrogens with one attached hydrogen (secondary N) is 1. The van der Waals surface area contributed by atoms with E-state index in [0.29, 0.717) is 0 Å². The summed E-state index contributed by atoms with van der Waals surface area (Å²) in [4.78, 5) is 9.27. The van der Waals surface area contributed by atoms with E-state index in [1.807, 2.05) is 6.21 Å². The third-order valence-corrected chi connectivity index (χ3v) is 4.16. The Morgan fingerprint density at radius 1 is 1.15 bits per heavy atom. The molecule has 2 aliphatic heterocycles. The largest absolute Gasteiger partial charge is 0.369 e. The highest BCUT2D eigenvalue weighted by molar-refractivity contribution is 6.04. The third-order valence-electron chi connectivity index (χ3n) is 4.16. The molecule has 2 aliphatic rings. The van der Waals surface area contributed by atoms with Crippen LogP contribution in [0.3, 0.4) is 0 Å². The van der Waals surface area contributed by atoms with E-state index < -0.39 is 0 Å². The molecule has 0 unspecified atom stereocenters. The summed E-state index contributed by atoms with van der Waals surface area (Å²) in [5, 5.41) is 8.25. The van der Waals surface area contributed by atoms with Gasteiger partial charge in [0.15, 0.2) is 0 Å². The molecular weight excluding hydrogens is 248 g/mol. The summed E-state index contributed by atoms with van der Waals surface area (Å²) in [6.07, 6.45) is 4.84. The molecular formula is C16H22N4. The molecule has 20 heavy (non-hydrogen) atoms. The van der Waals surface area contributed by atoms with Crippen molar-refractivity contribution in [3.8, 4) is 0 Å². The minimum Gasteiger partial charge on any atom is -0.369 e. The lowest BCUT2D eigenvalue weighted by Crippen LogP contribution is -2.44. The fraction of sp³-hybridized carbons (Fsp3) is 0.500. The van der Waals surface area contributed by atoms with Crippen LogP contribution in [-0.4, -0.2) is 50.1 Å². The van der Waals surface area contributed by atoms with Crippen LogP contribution in [0.4, 0.5) is 11.4 Å². The lowest BCUT2D eigenvalue weighted by molar-refractivity contribution is 0.313. The molecule has 0 atom stereocenters. The SMILES string of the molecule is CN1CCN(c2ccc3c(c2)C(=N)CCCC=N3)CC1. The van der Waals surface area contributed by atoms with Crippen molar-refractivity contribution >= 4 is 23.3 Å². The van der Waals surface area contributed by atoms with E-state index in [9.17, 15) is 0 Å². The minimum atomic E-state index is 0.729. The molecule has 0 aliphatic carbocycles. The molecule has 0 spiro atoms. The van der Waals surface area contributed by atoms with Crippen LogP contribution in [0.2, 0.25) is 0 Å². The lowest BCUT2D eigenvalue weighted by Gasteiger charge is -2.34. The molecule has 0 bridgehead atoms. The molecule has 1 N–H and O–H groups in total. The van der Waals surface area contributed by atoms with Gasteiger partial charge in [-0.2, -0.15) is 0 Å². The van der Waals surface area contributed by atoms with Gasteiger partial charge in [-0.05, 0) is 44.5 Å². The molecule has 1 aromatic carbocycles. The quantitative estimate of drug-likeness (QED) is 0.852. The van der Waals surface area contributed by atoms with Gasteiger partial charge < -0.3 is 15.2 Å². The van der Waals surface area contributed by atoms with Crippen LogP contribution < -0.4 is 4.90 Å². The van der Waals surface area contributed by atoms with Crippen LogP contribution in [-0.2, 0) is 0 Å². The van der Waals surface area contributed by atoms with Crippen LogP contribution >= 0.6 is 0 Å². The van der Waals surface area contributed by atoms with E-state index >= 15 is 0 Å².